The first-order valence-corrected chi connectivity index (χ1v) is 5.57. The Balaban J connectivity index is 2.95. The van der Waals surface area contributed by atoms with Crippen LogP contribution in [0.15, 0.2) is 18.5 Å². The quantitative estimate of drug-likeness (QED) is 0.847. The summed E-state index contributed by atoms with van der Waals surface area (Å²) < 4.78 is 36.7. The lowest BCUT2D eigenvalue weighted by molar-refractivity contribution is -0.138. The Labute approximate surface area is 113 Å². The van der Waals surface area contributed by atoms with E-state index in [0.717, 1.165) is 0 Å². The lowest BCUT2D eigenvalue weighted by Crippen LogP contribution is -2.23. The largest absolute Gasteiger partial charge is 0.389 e. The molecular weight excluding hydrogens is 269 g/mol. The van der Waals surface area contributed by atoms with Gasteiger partial charge in [-0.15, -0.1) is 0 Å². The second-order valence-electron chi connectivity index (χ2n) is 4.29. The van der Waals surface area contributed by atoms with Gasteiger partial charge >= 0.3 is 6.18 Å². The van der Waals surface area contributed by atoms with E-state index in [4.69, 9.17) is 15.8 Å². The Morgan fingerprint density at radius 1 is 1.05 bits per heavy atom. The highest BCUT2D eigenvalue weighted by Crippen LogP contribution is 2.33. The summed E-state index contributed by atoms with van der Waals surface area (Å²) in [6, 6.07) is 6.55. The van der Waals surface area contributed by atoms with Crippen LogP contribution >= 0.6 is 0 Å². The van der Waals surface area contributed by atoms with Gasteiger partial charge in [0.2, 0.25) is 0 Å². The zero-order chi connectivity index (χ0) is 15.2. The Morgan fingerprint density at radius 2 is 1.70 bits per heavy atom. The molecule has 1 aromatic rings. The van der Waals surface area contributed by atoms with Crippen LogP contribution in [0.1, 0.15) is 24.0 Å². The Kier molecular flexibility index (Phi) is 4.67. The number of nitriles is 3. The maximum absolute atomic E-state index is 12.2. The predicted molar refractivity (Wildman–Crippen MR) is 61.6 cm³/mol. The molecule has 0 aromatic carbocycles. The van der Waals surface area contributed by atoms with E-state index in [1.165, 1.54) is 18.5 Å². The highest BCUT2D eigenvalue weighted by molar-refractivity contribution is 5.31. The molecule has 20 heavy (non-hydrogen) atoms. The van der Waals surface area contributed by atoms with Crippen LogP contribution in [0.5, 0.6) is 0 Å². The van der Waals surface area contributed by atoms with Crippen LogP contribution < -0.4 is 0 Å². The molecular formula is C13H9F3N4. The van der Waals surface area contributed by atoms with Gasteiger partial charge in [0.05, 0.1) is 17.7 Å². The average molecular weight is 278 g/mol. The predicted octanol–water partition coefficient (Wildman–Crippen LogP) is 2.87. The molecule has 0 aliphatic heterocycles. The molecule has 1 aromatic heterocycles. The van der Waals surface area contributed by atoms with Crippen LogP contribution in [0.25, 0.3) is 0 Å². The molecule has 0 atom stereocenters. The molecule has 0 saturated heterocycles. The third-order valence-electron chi connectivity index (χ3n) is 2.69. The maximum atomic E-state index is 12.2. The van der Waals surface area contributed by atoms with E-state index in [1.807, 2.05) is 6.07 Å². The zero-order valence-electron chi connectivity index (χ0n) is 10.3. The van der Waals surface area contributed by atoms with E-state index in [0.29, 0.717) is 5.56 Å². The summed E-state index contributed by atoms with van der Waals surface area (Å²) in [5.74, 6) is 0. The Morgan fingerprint density at radius 3 is 2.20 bits per heavy atom. The monoisotopic (exact) mass is 278 g/mol. The Bertz CT molecular complexity index is 588. The summed E-state index contributed by atoms with van der Waals surface area (Å²) in [5, 5.41) is 26.8. The minimum absolute atomic E-state index is 0.196. The van der Waals surface area contributed by atoms with Crippen molar-refractivity contribution in [2.24, 2.45) is 5.41 Å². The lowest BCUT2D eigenvalue weighted by Gasteiger charge is -2.19. The molecule has 0 unspecified atom stereocenters. The fourth-order valence-electron chi connectivity index (χ4n) is 1.65. The first-order valence-electron chi connectivity index (χ1n) is 5.57. The molecule has 0 fully saturated rings. The van der Waals surface area contributed by atoms with Gasteiger partial charge in [-0.2, -0.15) is 29.0 Å². The van der Waals surface area contributed by atoms with Gasteiger partial charge in [0.15, 0.2) is 0 Å². The van der Waals surface area contributed by atoms with E-state index in [9.17, 15) is 13.2 Å². The van der Waals surface area contributed by atoms with Crippen LogP contribution in [0.3, 0.4) is 0 Å². The Hall–Kier alpha value is -2.59. The molecule has 1 rings (SSSR count). The van der Waals surface area contributed by atoms with Gasteiger partial charge in [0.25, 0.3) is 0 Å². The van der Waals surface area contributed by atoms with Crippen molar-refractivity contribution in [3.63, 3.8) is 0 Å². The molecule has 0 saturated carbocycles. The van der Waals surface area contributed by atoms with Gasteiger partial charge in [-0.05, 0) is 18.1 Å². The van der Waals surface area contributed by atoms with E-state index < -0.39 is 24.4 Å². The van der Waals surface area contributed by atoms with Crippen LogP contribution in [-0.2, 0) is 6.42 Å². The number of pyridine rings is 1. The molecule has 102 valence electrons. The zero-order valence-corrected chi connectivity index (χ0v) is 10.3. The minimum Gasteiger partial charge on any atom is -0.263 e. The van der Waals surface area contributed by atoms with Crippen LogP contribution in [0, 0.1) is 39.4 Å². The summed E-state index contributed by atoms with van der Waals surface area (Å²) in [6.07, 6.45) is -3.82. The van der Waals surface area contributed by atoms with E-state index in [2.05, 4.69) is 4.98 Å². The fraction of sp³-hybridized carbons (Fsp3) is 0.385. The number of alkyl halides is 3. The summed E-state index contributed by atoms with van der Waals surface area (Å²) in [5.41, 5.74) is -1.16. The van der Waals surface area contributed by atoms with Gasteiger partial charge in [-0.25, -0.2) is 0 Å². The normalized spacial score (nSPS) is 11.2. The minimum atomic E-state index is -4.42. The van der Waals surface area contributed by atoms with Crippen molar-refractivity contribution in [1.82, 2.24) is 4.98 Å². The van der Waals surface area contributed by atoms with Crippen molar-refractivity contribution >= 4 is 0 Å². The number of nitrogens with zero attached hydrogens (tertiary/aromatic N) is 4. The molecule has 7 heteroatoms. The van der Waals surface area contributed by atoms with Gasteiger partial charge < -0.3 is 0 Å². The van der Waals surface area contributed by atoms with Crippen molar-refractivity contribution in [3.8, 4) is 18.2 Å². The van der Waals surface area contributed by atoms with Crippen LogP contribution in [-0.4, -0.2) is 11.2 Å². The number of hydrogen-bond donors (Lipinski definition) is 0. The molecule has 0 N–H and O–H groups in total. The van der Waals surface area contributed by atoms with Gasteiger partial charge in [0.1, 0.15) is 11.5 Å². The summed E-state index contributed by atoms with van der Waals surface area (Å²) in [4.78, 5) is 3.75. The smallest absolute Gasteiger partial charge is 0.263 e. The van der Waals surface area contributed by atoms with Crippen LogP contribution in [0.2, 0.25) is 0 Å². The summed E-state index contributed by atoms with van der Waals surface area (Å²) in [7, 11) is 0. The van der Waals surface area contributed by atoms with Crippen molar-refractivity contribution in [2.75, 3.05) is 0 Å². The third kappa shape index (κ3) is 4.26. The highest BCUT2D eigenvalue weighted by atomic mass is 19.4. The molecule has 0 radical (unpaired) electrons. The van der Waals surface area contributed by atoms with Gasteiger partial charge in [-0.3, -0.25) is 4.98 Å². The van der Waals surface area contributed by atoms with Crippen molar-refractivity contribution < 1.29 is 13.2 Å². The van der Waals surface area contributed by atoms with Gasteiger partial charge in [-0.1, -0.05) is 0 Å². The fourth-order valence-corrected chi connectivity index (χ4v) is 1.65. The summed E-state index contributed by atoms with van der Waals surface area (Å²) in [6.45, 7) is 0. The molecule has 0 spiro atoms. The van der Waals surface area contributed by atoms with Crippen molar-refractivity contribution in [2.45, 2.75) is 25.4 Å². The molecule has 1 heterocycles. The number of aromatic nitrogens is 1. The summed E-state index contributed by atoms with van der Waals surface area (Å²) >= 11 is 0. The van der Waals surface area contributed by atoms with Crippen molar-refractivity contribution in [1.29, 1.82) is 15.8 Å². The average Bonchev–Trinajstić information content (AvgIpc) is 2.43. The molecule has 0 bridgehead atoms. The molecule has 0 aliphatic carbocycles. The lowest BCUT2D eigenvalue weighted by atomic mass is 9.80. The topological polar surface area (TPSA) is 84.3 Å². The SMILES string of the molecule is N#Cc1cncc(CC(C#N)(C#N)CCC(F)(F)F)c1. The standard InChI is InChI=1S/C13H9F3N4/c14-13(15,16)2-1-12(8-18,9-19)4-10-3-11(5-17)7-20-6-10/h3,6-7H,1-2,4H2. The van der Waals surface area contributed by atoms with Crippen molar-refractivity contribution in [3.05, 3.63) is 29.6 Å². The second-order valence-corrected chi connectivity index (χ2v) is 4.29. The highest BCUT2D eigenvalue weighted by Gasteiger charge is 2.37. The number of hydrogen-bond acceptors (Lipinski definition) is 4. The first-order chi connectivity index (χ1) is 9.34. The third-order valence-corrected chi connectivity index (χ3v) is 2.69. The second kappa shape index (κ2) is 6.04. The van der Waals surface area contributed by atoms with E-state index in [1.54, 1.807) is 12.1 Å². The molecule has 0 aliphatic rings. The van der Waals surface area contributed by atoms with E-state index >= 15 is 0 Å². The van der Waals surface area contributed by atoms with E-state index in [-0.39, 0.29) is 12.0 Å². The molecule has 0 amide bonds. The first kappa shape index (κ1) is 15.5. The number of rotatable bonds is 4. The maximum Gasteiger partial charge on any atom is 0.389 e. The molecule has 4 nitrogen and oxygen atoms in total. The van der Waals surface area contributed by atoms with Gasteiger partial charge in [0, 0.05) is 25.2 Å². The number of halogens is 3. The van der Waals surface area contributed by atoms with Crippen LogP contribution in [0.4, 0.5) is 13.2 Å².